The minimum Gasteiger partial charge on any atom is -0.487 e. The third-order valence-corrected chi connectivity index (χ3v) is 7.65. The van der Waals surface area contributed by atoms with Gasteiger partial charge in [-0.3, -0.25) is 9.59 Å². The Bertz CT molecular complexity index is 1180. The van der Waals surface area contributed by atoms with Crippen molar-refractivity contribution in [2.75, 3.05) is 18.4 Å². The predicted molar refractivity (Wildman–Crippen MR) is 117 cm³/mol. The predicted octanol–water partition coefficient (Wildman–Crippen LogP) is 2.60. The number of sulfonamides is 1. The van der Waals surface area contributed by atoms with Gasteiger partial charge in [0, 0.05) is 29.9 Å². The number of benzene rings is 1. The molecule has 9 heteroatoms. The fraction of sp³-hybridized carbons (Fsp3) is 0.455. The highest BCUT2D eigenvalue weighted by Gasteiger charge is 2.39. The number of pyridine rings is 1. The lowest BCUT2D eigenvalue weighted by Gasteiger charge is -2.38. The summed E-state index contributed by atoms with van der Waals surface area (Å²) >= 11 is 0. The van der Waals surface area contributed by atoms with Crippen LogP contribution in [0.5, 0.6) is 5.75 Å². The molecule has 0 bridgehead atoms. The molecule has 166 valence electrons. The monoisotopic (exact) mass is 445 g/mol. The molecule has 1 N–H and O–H groups in total. The van der Waals surface area contributed by atoms with Gasteiger partial charge < -0.3 is 14.6 Å². The van der Waals surface area contributed by atoms with Crippen LogP contribution in [0.2, 0.25) is 0 Å². The van der Waals surface area contributed by atoms with Gasteiger partial charge in [0.25, 0.3) is 5.56 Å². The summed E-state index contributed by atoms with van der Waals surface area (Å²) in [4.78, 5) is 24.1. The van der Waals surface area contributed by atoms with E-state index in [0.29, 0.717) is 29.5 Å². The molecule has 1 aliphatic heterocycles. The highest BCUT2D eigenvalue weighted by Crippen LogP contribution is 2.35. The maximum atomic E-state index is 13.0. The zero-order valence-electron chi connectivity index (χ0n) is 17.9. The number of nitrogens with zero attached hydrogens (tertiary/aromatic N) is 2. The molecule has 1 saturated carbocycles. The average Bonchev–Trinajstić information content (AvgIpc) is 3.48. The Morgan fingerprint density at radius 2 is 1.87 bits per heavy atom. The lowest BCUT2D eigenvalue weighted by atomic mass is 10.2. The van der Waals surface area contributed by atoms with E-state index in [9.17, 15) is 18.0 Å². The van der Waals surface area contributed by atoms with Gasteiger partial charge in [0.15, 0.2) is 0 Å². The van der Waals surface area contributed by atoms with E-state index in [2.05, 4.69) is 5.32 Å². The van der Waals surface area contributed by atoms with Crippen molar-refractivity contribution in [1.82, 2.24) is 8.87 Å². The van der Waals surface area contributed by atoms with Crippen molar-refractivity contribution < 1.29 is 17.9 Å². The fourth-order valence-electron chi connectivity index (χ4n) is 3.82. The number of hydrogen-bond donors (Lipinski definition) is 1. The quantitative estimate of drug-likeness (QED) is 0.707. The molecule has 31 heavy (non-hydrogen) atoms. The Balaban J connectivity index is 1.41. The molecular formula is C22H27N3O5S. The van der Waals surface area contributed by atoms with E-state index in [1.807, 2.05) is 13.0 Å². The first-order chi connectivity index (χ1) is 14.7. The van der Waals surface area contributed by atoms with Gasteiger partial charge in [-0.15, -0.1) is 0 Å². The van der Waals surface area contributed by atoms with Gasteiger partial charge >= 0.3 is 0 Å². The van der Waals surface area contributed by atoms with Crippen LogP contribution in [-0.4, -0.2) is 42.4 Å². The standard InChI is InChI=1S/C22H27N3O5S/c1-4-21(26)23-16-5-8-20(14(2)9-16)31(28,29)24-12-19(13-24)30-18-10-15(3)25(17-6-7-17)22(27)11-18/h5,8-11,17,19H,4,6-7,12-13H2,1-3H3,(H,23,26). The van der Waals surface area contributed by atoms with Crippen molar-refractivity contribution in [2.45, 2.75) is 57.1 Å². The largest absolute Gasteiger partial charge is 0.487 e. The minimum absolute atomic E-state index is 0.0767. The highest BCUT2D eigenvalue weighted by atomic mass is 32.2. The van der Waals surface area contributed by atoms with Gasteiger partial charge in [0.1, 0.15) is 11.9 Å². The molecule has 0 atom stereocenters. The zero-order valence-corrected chi connectivity index (χ0v) is 18.7. The van der Waals surface area contributed by atoms with Crippen LogP contribution >= 0.6 is 0 Å². The molecule has 1 aromatic carbocycles. The molecule has 2 aromatic rings. The number of carbonyl (C=O) groups excluding carboxylic acids is 1. The van der Waals surface area contributed by atoms with Crippen LogP contribution in [0.25, 0.3) is 0 Å². The van der Waals surface area contributed by atoms with Crippen molar-refractivity contribution in [2.24, 2.45) is 0 Å². The molecule has 1 aromatic heterocycles. The molecule has 1 aliphatic carbocycles. The van der Waals surface area contributed by atoms with Gasteiger partial charge in [-0.25, -0.2) is 8.42 Å². The third-order valence-electron chi connectivity index (χ3n) is 5.66. The van der Waals surface area contributed by atoms with Crippen LogP contribution in [0.4, 0.5) is 5.69 Å². The average molecular weight is 446 g/mol. The van der Waals surface area contributed by atoms with Crippen LogP contribution in [0.3, 0.4) is 0 Å². The highest BCUT2D eigenvalue weighted by molar-refractivity contribution is 7.89. The second kappa shape index (κ2) is 8.12. The molecule has 8 nitrogen and oxygen atoms in total. The first-order valence-electron chi connectivity index (χ1n) is 10.5. The van der Waals surface area contributed by atoms with Crippen molar-refractivity contribution in [1.29, 1.82) is 0 Å². The number of ether oxygens (including phenoxy) is 1. The summed E-state index contributed by atoms with van der Waals surface area (Å²) in [7, 11) is -3.66. The van der Waals surface area contributed by atoms with Crippen molar-refractivity contribution in [3.05, 3.63) is 51.9 Å². The summed E-state index contributed by atoms with van der Waals surface area (Å²) in [5.41, 5.74) is 1.92. The third kappa shape index (κ3) is 4.38. The normalized spacial score (nSPS) is 17.3. The molecule has 2 fully saturated rings. The van der Waals surface area contributed by atoms with Crippen LogP contribution < -0.4 is 15.6 Å². The second-order valence-electron chi connectivity index (χ2n) is 8.22. The Morgan fingerprint density at radius 3 is 2.45 bits per heavy atom. The summed E-state index contributed by atoms with van der Waals surface area (Å²) in [5, 5.41) is 2.73. The molecule has 0 unspecified atom stereocenters. The second-order valence-corrected chi connectivity index (χ2v) is 10.1. The van der Waals surface area contributed by atoms with Gasteiger partial charge in [-0.2, -0.15) is 4.31 Å². The zero-order chi connectivity index (χ0) is 22.3. The summed E-state index contributed by atoms with van der Waals surface area (Å²) in [6, 6.07) is 8.39. The minimum atomic E-state index is -3.66. The molecule has 2 aliphatic rings. The Labute approximate surface area is 181 Å². The fourth-order valence-corrected chi connectivity index (χ4v) is 5.53. The number of amides is 1. The van der Waals surface area contributed by atoms with Crippen molar-refractivity contribution >= 4 is 21.6 Å². The van der Waals surface area contributed by atoms with E-state index in [-0.39, 0.29) is 35.6 Å². The smallest absolute Gasteiger partial charge is 0.254 e. The van der Waals surface area contributed by atoms with Gasteiger partial charge in [-0.1, -0.05) is 6.92 Å². The molecular weight excluding hydrogens is 418 g/mol. The number of nitrogens with one attached hydrogen (secondary N) is 1. The van der Waals surface area contributed by atoms with E-state index >= 15 is 0 Å². The maximum absolute atomic E-state index is 13.0. The lowest BCUT2D eigenvalue weighted by Crippen LogP contribution is -2.56. The molecule has 0 spiro atoms. The lowest BCUT2D eigenvalue weighted by molar-refractivity contribution is -0.115. The molecule has 1 saturated heterocycles. The molecule has 2 heterocycles. The van der Waals surface area contributed by atoms with Crippen LogP contribution in [0.1, 0.15) is 43.5 Å². The SMILES string of the molecule is CCC(=O)Nc1ccc(S(=O)(=O)N2CC(Oc3cc(C)n(C4CC4)c(=O)c3)C2)c(C)c1. The van der Waals surface area contributed by atoms with Crippen molar-refractivity contribution in [3.63, 3.8) is 0 Å². The topological polar surface area (TPSA) is 97.7 Å². The van der Waals surface area contributed by atoms with Gasteiger partial charge in [0.05, 0.1) is 18.0 Å². The van der Waals surface area contributed by atoms with Crippen molar-refractivity contribution in [3.8, 4) is 5.75 Å². The van der Waals surface area contributed by atoms with E-state index in [1.54, 1.807) is 30.5 Å². The summed E-state index contributed by atoms with van der Waals surface area (Å²) < 4.78 is 35.0. The summed E-state index contributed by atoms with van der Waals surface area (Å²) in [5.74, 6) is 0.353. The van der Waals surface area contributed by atoms with Crippen LogP contribution in [0, 0.1) is 13.8 Å². The first-order valence-corrected chi connectivity index (χ1v) is 11.9. The number of aromatic nitrogens is 1. The Kier molecular flexibility index (Phi) is 5.65. The van der Waals surface area contributed by atoms with E-state index in [4.69, 9.17) is 4.74 Å². The number of anilines is 1. The van der Waals surface area contributed by atoms with Crippen LogP contribution in [0.15, 0.2) is 40.0 Å². The maximum Gasteiger partial charge on any atom is 0.254 e. The number of hydrogen-bond acceptors (Lipinski definition) is 5. The Hall–Kier alpha value is -2.65. The molecule has 1 amide bonds. The summed E-state index contributed by atoms with van der Waals surface area (Å²) in [6.07, 6.45) is 2.11. The van der Waals surface area contributed by atoms with Gasteiger partial charge in [0.2, 0.25) is 15.9 Å². The summed E-state index contributed by atoms with van der Waals surface area (Å²) in [6.45, 7) is 5.80. The number of rotatable bonds is 7. The van der Waals surface area contributed by atoms with Crippen LogP contribution in [-0.2, 0) is 14.8 Å². The molecule has 4 rings (SSSR count). The number of carbonyl (C=O) groups is 1. The molecule has 0 radical (unpaired) electrons. The van der Waals surface area contributed by atoms with E-state index in [0.717, 1.165) is 18.5 Å². The first kappa shape index (κ1) is 21.6. The van der Waals surface area contributed by atoms with E-state index in [1.165, 1.54) is 16.4 Å². The van der Waals surface area contributed by atoms with Gasteiger partial charge in [-0.05, 0) is 56.5 Å². The number of aryl methyl sites for hydroxylation is 2. The van der Waals surface area contributed by atoms with E-state index < -0.39 is 10.0 Å². The Morgan fingerprint density at radius 1 is 1.16 bits per heavy atom.